The molecule has 5 nitrogen and oxygen atoms in total. The van der Waals surface area contributed by atoms with Crippen molar-refractivity contribution >= 4 is 6.09 Å². The average Bonchev–Trinajstić information content (AvgIpc) is 2.63. The summed E-state index contributed by atoms with van der Waals surface area (Å²) in [6.45, 7) is 0.263. The van der Waals surface area contributed by atoms with Gasteiger partial charge in [0.15, 0.2) is 0 Å². The Bertz CT molecular complexity index is 195. The number of likely N-dealkylation sites (tertiary alicyclic amines) is 1. The fourth-order valence-electron chi connectivity index (χ4n) is 1.57. The Morgan fingerprint density at radius 3 is 2.91 bits per heavy atom. The van der Waals surface area contributed by atoms with Crippen LogP contribution < -0.4 is 0 Å². The molecule has 2 N–H and O–H groups in total. The number of carboxylic acid groups (broad SMARTS) is 1. The van der Waals surface area contributed by atoms with Crippen LogP contribution >= 0.6 is 0 Å². The lowest BCUT2D eigenvalue weighted by atomic mass is 10.2. The van der Waals surface area contributed by atoms with E-state index in [9.17, 15) is 4.79 Å². The van der Waals surface area contributed by atoms with Crippen LogP contribution in [0.25, 0.3) is 0 Å². The van der Waals surface area contributed by atoms with E-state index in [0.29, 0.717) is 6.54 Å². The Morgan fingerprint density at radius 2 is 2.45 bits per heavy atom. The van der Waals surface area contributed by atoms with Crippen LogP contribution in [-0.2, 0) is 4.74 Å². The molecule has 5 heteroatoms. The van der Waals surface area contributed by atoms with Crippen molar-refractivity contribution in [2.24, 2.45) is 0 Å². The highest BCUT2D eigenvalue weighted by atomic mass is 16.6. The maximum Gasteiger partial charge on any atom is 0.407 e. The molecule has 1 amide bonds. The van der Waals surface area contributed by atoms with Gasteiger partial charge in [0, 0.05) is 0 Å². The number of morpholine rings is 1. The number of hydrogen-bond acceptors (Lipinski definition) is 3. The first-order valence-corrected chi connectivity index (χ1v) is 3.50. The Kier molecular flexibility index (Phi) is 1.30. The summed E-state index contributed by atoms with van der Waals surface area (Å²) in [5.74, 6) is 0. The normalized spacial score (nSPS) is 40.5. The van der Waals surface area contributed by atoms with Crippen LogP contribution in [0.5, 0.6) is 0 Å². The van der Waals surface area contributed by atoms with E-state index in [1.165, 1.54) is 4.90 Å². The maximum absolute atomic E-state index is 10.5. The summed E-state index contributed by atoms with van der Waals surface area (Å²) in [4.78, 5) is 11.7. The number of nitrogens with zero attached hydrogens (tertiary/aromatic N) is 1. The molecule has 2 fully saturated rings. The topological polar surface area (TPSA) is 73.3 Å². The number of rotatable bonds is 1. The minimum atomic E-state index is -0.972. The first kappa shape index (κ1) is 6.87. The first-order chi connectivity index (χ1) is 5.24. The van der Waals surface area contributed by atoms with Crippen LogP contribution in [0.15, 0.2) is 0 Å². The zero-order chi connectivity index (χ0) is 8.01. The molecule has 2 aliphatic rings. The SMILES string of the molecule is O=C(O)N1C[C@@H]2O[C@@H]2[C@@H]1CO. The van der Waals surface area contributed by atoms with Crippen LogP contribution in [0.1, 0.15) is 0 Å². The standard InChI is InChI=1S/C6H9NO4/c8-2-3-5-4(11-5)1-7(3)6(9)10/h3-5,8H,1-2H2,(H,9,10)/t3-,4-,5+/m0/s1. The molecule has 2 heterocycles. The third-order valence-electron chi connectivity index (χ3n) is 2.21. The van der Waals surface area contributed by atoms with Crippen LogP contribution in [0.4, 0.5) is 4.79 Å². The molecule has 0 unspecified atom stereocenters. The molecule has 62 valence electrons. The second-order valence-electron chi connectivity index (χ2n) is 2.82. The number of ether oxygens (including phenoxy) is 1. The van der Waals surface area contributed by atoms with Gasteiger partial charge in [-0.3, -0.25) is 4.90 Å². The summed E-state index contributed by atoms with van der Waals surface area (Å²) in [5.41, 5.74) is 0. The average molecular weight is 159 g/mol. The summed E-state index contributed by atoms with van der Waals surface area (Å²) >= 11 is 0. The maximum atomic E-state index is 10.5. The molecule has 0 saturated carbocycles. The summed E-state index contributed by atoms with van der Waals surface area (Å²) in [7, 11) is 0. The second kappa shape index (κ2) is 2.09. The molecule has 0 aliphatic carbocycles. The van der Waals surface area contributed by atoms with E-state index < -0.39 is 6.09 Å². The lowest BCUT2D eigenvalue weighted by Crippen LogP contribution is -2.41. The van der Waals surface area contributed by atoms with Gasteiger partial charge in [-0.1, -0.05) is 0 Å². The number of aliphatic hydroxyl groups is 1. The number of fused-ring (bicyclic) bond motifs is 1. The van der Waals surface area contributed by atoms with Crippen molar-refractivity contribution in [2.45, 2.75) is 18.2 Å². The minimum absolute atomic E-state index is 0.0447. The van der Waals surface area contributed by atoms with Gasteiger partial charge in [-0.15, -0.1) is 0 Å². The van der Waals surface area contributed by atoms with Gasteiger partial charge in [-0.05, 0) is 0 Å². The van der Waals surface area contributed by atoms with Gasteiger partial charge in [0.25, 0.3) is 0 Å². The van der Waals surface area contributed by atoms with E-state index in [-0.39, 0.29) is 24.9 Å². The van der Waals surface area contributed by atoms with Gasteiger partial charge in [0.1, 0.15) is 12.2 Å². The molecule has 2 aliphatic heterocycles. The molecule has 0 aromatic rings. The van der Waals surface area contributed by atoms with Crippen LogP contribution in [0, 0.1) is 0 Å². The zero-order valence-electron chi connectivity index (χ0n) is 5.80. The van der Waals surface area contributed by atoms with Gasteiger partial charge in [0.2, 0.25) is 0 Å². The lowest BCUT2D eigenvalue weighted by Gasteiger charge is -2.21. The summed E-state index contributed by atoms with van der Waals surface area (Å²) < 4.78 is 5.07. The Balaban J connectivity index is 2.06. The van der Waals surface area contributed by atoms with Gasteiger partial charge in [-0.2, -0.15) is 0 Å². The molecular formula is C6H9NO4. The largest absolute Gasteiger partial charge is 0.465 e. The third-order valence-corrected chi connectivity index (χ3v) is 2.21. The van der Waals surface area contributed by atoms with Crippen molar-refractivity contribution in [1.82, 2.24) is 4.90 Å². The molecule has 11 heavy (non-hydrogen) atoms. The van der Waals surface area contributed by atoms with Gasteiger partial charge >= 0.3 is 6.09 Å². The Hall–Kier alpha value is -0.810. The number of epoxide rings is 1. The van der Waals surface area contributed by atoms with E-state index in [0.717, 1.165) is 0 Å². The number of amides is 1. The van der Waals surface area contributed by atoms with E-state index in [1.807, 2.05) is 0 Å². The summed E-state index contributed by atoms with van der Waals surface area (Å²) in [5, 5.41) is 17.4. The fraction of sp³-hybridized carbons (Fsp3) is 0.833. The van der Waals surface area contributed by atoms with E-state index >= 15 is 0 Å². The van der Waals surface area contributed by atoms with Crippen molar-refractivity contribution in [3.63, 3.8) is 0 Å². The van der Waals surface area contributed by atoms with Gasteiger partial charge in [0.05, 0.1) is 19.2 Å². The predicted octanol–water partition coefficient (Wildman–Crippen LogP) is -0.892. The fourth-order valence-corrected chi connectivity index (χ4v) is 1.57. The molecule has 2 saturated heterocycles. The number of carbonyl (C=O) groups is 1. The Labute approximate surface area is 63.2 Å². The van der Waals surface area contributed by atoms with Crippen molar-refractivity contribution in [2.75, 3.05) is 13.2 Å². The van der Waals surface area contributed by atoms with Crippen molar-refractivity contribution in [3.05, 3.63) is 0 Å². The molecule has 0 bridgehead atoms. The van der Waals surface area contributed by atoms with Crippen LogP contribution in [0.3, 0.4) is 0 Å². The third kappa shape index (κ3) is 0.883. The molecule has 2 rings (SSSR count). The van der Waals surface area contributed by atoms with E-state index in [2.05, 4.69) is 0 Å². The van der Waals surface area contributed by atoms with Gasteiger partial charge in [-0.25, -0.2) is 4.79 Å². The van der Waals surface area contributed by atoms with Crippen molar-refractivity contribution in [1.29, 1.82) is 0 Å². The Morgan fingerprint density at radius 1 is 1.73 bits per heavy atom. The molecule has 3 atom stereocenters. The monoisotopic (exact) mass is 159 g/mol. The molecule has 0 aromatic heterocycles. The minimum Gasteiger partial charge on any atom is -0.465 e. The molecular weight excluding hydrogens is 150 g/mol. The zero-order valence-corrected chi connectivity index (χ0v) is 5.80. The van der Waals surface area contributed by atoms with E-state index in [4.69, 9.17) is 14.9 Å². The molecule has 0 radical (unpaired) electrons. The summed E-state index contributed by atoms with van der Waals surface area (Å²) in [6, 6.07) is -0.336. The number of aliphatic hydroxyl groups excluding tert-OH is 1. The second-order valence-corrected chi connectivity index (χ2v) is 2.82. The highest BCUT2D eigenvalue weighted by Crippen LogP contribution is 2.35. The van der Waals surface area contributed by atoms with Gasteiger partial charge < -0.3 is 14.9 Å². The lowest BCUT2D eigenvalue weighted by molar-refractivity contribution is 0.0799. The molecule has 0 spiro atoms. The van der Waals surface area contributed by atoms with Crippen molar-refractivity contribution < 1.29 is 19.7 Å². The quantitative estimate of drug-likeness (QED) is 0.487. The first-order valence-electron chi connectivity index (χ1n) is 3.50. The van der Waals surface area contributed by atoms with Crippen LogP contribution in [-0.4, -0.2) is 52.6 Å². The highest BCUT2D eigenvalue weighted by Gasteiger charge is 2.55. The van der Waals surface area contributed by atoms with E-state index in [1.54, 1.807) is 0 Å². The van der Waals surface area contributed by atoms with Crippen molar-refractivity contribution in [3.8, 4) is 0 Å². The smallest absolute Gasteiger partial charge is 0.407 e. The van der Waals surface area contributed by atoms with Crippen LogP contribution in [0.2, 0.25) is 0 Å². The highest BCUT2D eigenvalue weighted by molar-refractivity contribution is 5.66. The predicted molar refractivity (Wildman–Crippen MR) is 34.3 cm³/mol. The molecule has 0 aromatic carbocycles. The number of hydrogen-bond donors (Lipinski definition) is 2. The summed E-state index contributed by atoms with van der Waals surface area (Å²) in [6.07, 6.45) is -0.973.